The summed E-state index contributed by atoms with van der Waals surface area (Å²) in [6.07, 6.45) is 0.331. The number of benzene rings is 2. The van der Waals surface area contributed by atoms with Crippen LogP contribution in [0.3, 0.4) is 0 Å². The molecule has 1 N–H and O–H groups in total. The standard InChI is InChI=1S/C19H23NO3S/c1-2-23-12-11-19(21)20-18-10-6-9-17(13-18)15-24(22)14-16-7-4-3-5-8-16/h3-10,13H,2,11-12,14-15H2,1H3,(H,20,21). The van der Waals surface area contributed by atoms with Crippen LogP contribution in [0.1, 0.15) is 24.5 Å². The number of anilines is 1. The molecule has 0 fully saturated rings. The number of amides is 1. The van der Waals surface area contributed by atoms with Gasteiger partial charge < -0.3 is 10.1 Å². The van der Waals surface area contributed by atoms with Crippen LogP contribution < -0.4 is 5.32 Å². The Morgan fingerprint density at radius 3 is 2.50 bits per heavy atom. The first-order valence-corrected chi connectivity index (χ1v) is 9.51. The highest BCUT2D eigenvalue weighted by Gasteiger charge is 2.06. The molecule has 0 aromatic heterocycles. The van der Waals surface area contributed by atoms with Crippen LogP contribution in [-0.4, -0.2) is 23.3 Å². The van der Waals surface area contributed by atoms with E-state index in [2.05, 4.69) is 5.32 Å². The minimum atomic E-state index is -0.982. The quantitative estimate of drug-likeness (QED) is 0.708. The lowest BCUT2D eigenvalue weighted by molar-refractivity contribution is -0.117. The lowest BCUT2D eigenvalue weighted by Gasteiger charge is -2.08. The SMILES string of the molecule is CCOCCC(=O)Nc1cccc(CS(=O)Cc2ccccc2)c1. The molecule has 1 unspecified atom stereocenters. The van der Waals surface area contributed by atoms with Crippen molar-refractivity contribution >= 4 is 22.4 Å². The summed E-state index contributed by atoms with van der Waals surface area (Å²) in [5, 5.41) is 2.85. The van der Waals surface area contributed by atoms with Crippen molar-refractivity contribution in [2.45, 2.75) is 24.9 Å². The average Bonchev–Trinajstić information content (AvgIpc) is 2.56. The summed E-state index contributed by atoms with van der Waals surface area (Å²) >= 11 is 0. The highest BCUT2D eigenvalue weighted by molar-refractivity contribution is 7.83. The second-order valence-corrected chi connectivity index (χ2v) is 6.87. The highest BCUT2D eigenvalue weighted by Crippen LogP contribution is 2.14. The maximum Gasteiger partial charge on any atom is 0.226 e. The molecular formula is C19H23NO3S. The van der Waals surface area contributed by atoms with E-state index < -0.39 is 10.8 Å². The number of hydrogen-bond donors (Lipinski definition) is 1. The molecule has 0 aliphatic heterocycles. The van der Waals surface area contributed by atoms with Crippen LogP contribution in [-0.2, 0) is 31.8 Å². The maximum atomic E-state index is 12.3. The summed E-state index contributed by atoms with van der Waals surface area (Å²) < 4.78 is 17.5. The fourth-order valence-electron chi connectivity index (χ4n) is 2.27. The molecule has 5 heteroatoms. The number of hydrogen-bond acceptors (Lipinski definition) is 3. The van der Waals surface area contributed by atoms with Gasteiger partial charge in [-0.2, -0.15) is 0 Å². The normalized spacial score (nSPS) is 11.9. The van der Waals surface area contributed by atoms with Crippen LogP contribution in [0.15, 0.2) is 54.6 Å². The van der Waals surface area contributed by atoms with Crippen molar-refractivity contribution in [1.82, 2.24) is 0 Å². The Hall–Kier alpha value is -1.98. The molecule has 0 heterocycles. The molecule has 2 rings (SSSR count). The van der Waals surface area contributed by atoms with E-state index in [4.69, 9.17) is 4.74 Å². The third kappa shape index (κ3) is 6.64. The third-order valence-electron chi connectivity index (χ3n) is 3.39. The Morgan fingerprint density at radius 1 is 1.04 bits per heavy atom. The Morgan fingerprint density at radius 2 is 1.75 bits per heavy atom. The number of carbonyl (C=O) groups is 1. The molecule has 128 valence electrons. The van der Waals surface area contributed by atoms with E-state index in [9.17, 15) is 9.00 Å². The topological polar surface area (TPSA) is 55.4 Å². The van der Waals surface area contributed by atoms with Gasteiger partial charge in [0.1, 0.15) is 0 Å². The van der Waals surface area contributed by atoms with Gasteiger partial charge in [0, 0.05) is 34.6 Å². The van der Waals surface area contributed by atoms with E-state index in [0.717, 1.165) is 16.8 Å². The average molecular weight is 345 g/mol. The predicted molar refractivity (Wildman–Crippen MR) is 98.2 cm³/mol. The van der Waals surface area contributed by atoms with Crippen molar-refractivity contribution in [3.63, 3.8) is 0 Å². The van der Waals surface area contributed by atoms with Crippen LogP contribution >= 0.6 is 0 Å². The predicted octanol–water partition coefficient (Wildman–Crippen LogP) is 3.50. The van der Waals surface area contributed by atoms with Crippen molar-refractivity contribution in [2.24, 2.45) is 0 Å². The molecule has 1 atom stereocenters. The van der Waals surface area contributed by atoms with E-state index in [1.165, 1.54) is 0 Å². The van der Waals surface area contributed by atoms with Crippen LogP contribution in [0.4, 0.5) is 5.69 Å². The number of rotatable bonds is 9. The van der Waals surface area contributed by atoms with Crippen LogP contribution in [0, 0.1) is 0 Å². The largest absolute Gasteiger partial charge is 0.381 e. The first kappa shape index (κ1) is 18.4. The van der Waals surface area contributed by atoms with E-state index in [0.29, 0.717) is 31.1 Å². The van der Waals surface area contributed by atoms with Gasteiger partial charge in [-0.25, -0.2) is 0 Å². The van der Waals surface area contributed by atoms with Crippen molar-refractivity contribution in [1.29, 1.82) is 0 Å². The molecule has 1 amide bonds. The van der Waals surface area contributed by atoms with Crippen LogP contribution in [0.5, 0.6) is 0 Å². The molecule has 2 aromatic carbocycles. The van der Waals surface area contributed by atoms with Crippen molar-refractivity contribution in [2.75, 3.05) is 18.5 Å². The van der Waals surface area contributed by atoms with Crippen molar-refractivity contribution in [3.8, 4) is 0 Å². The summed E-state index contributed by atoms with van der Waals surface area (Å²) in [5.41, 5.74) is 2.74. The van der Waals surface area contributed by atoms with Gasteiger partial charge in [-0.3, -0.25) is 9.00 Å². The van der Waals surface area contributed by atoms with Gasteiger partial charge in [-0.1, -0.05) is 42.5 Å². The first-order chi connectivity index (χ1) is 11.7. The molecule has 0 saturated heterocycles. The fourth-order valence-corrected chi connectivity index (χ4v) is 3.49. The Kier molecular flexibility index (Phi) is 7.65. The van der Waals surface area contributed by atoms with Gasteiger partial charge >= 0.3 is 0 Å². The monoisotopic (exact) mass is 345 g/mol. The molecule has 0 spiro atoms. The smallest absolute Gasteiger partial charge is 0.226 e. The molecule has 0 radical (unpaired) electrons. The van der Waals surface area contributed by atoms with Crippen LogP contribution in [0.2, 0.25) is 0 Å². The zero-order chi connectivity index (χ0) is 17.2. The Bertz CT molecular complexity index is 673. The van der Waals surface area contributed by atoms with Gasteiger partial charge in [0.25, 0.3) is 0 Å². The summed E-state index contributed by atoms with van der Waals surface area (Å²) in [4.78, 5) is 11.8. The van der Waals surface area contributed by atoms with Crippen molar-refractivity contribution in [3.05, 3.63) is 65.7 Å². The Balaban J connectivity index is 1.87. The molecule has 0 aliphatic carbocycles. The van der Waals surface area contributed by atoms with Crippen molar-refractivity contribution < 1.29 is 13.7 Å². The number of nitrogens with one attached hydrogen (secondary N) is 1. The lowest BCUT2D eigenvalue weighted by Crippen LogP contribution is -2.14. The van der Waals surface area contributed by atoms with Gasteiger partial charge in [-0.15, -0.1) is 0 Å². The summed E-state index contributed by atoms with van der Waals surface area (Å²) in [7, 11) is -0.982. The lowest BCUT2D eigenvalue weighted by atomic mass is 10.2. The second-order valence-electron chi connectivity index (χ2n) is 5.41. The van der Waals surface area contributed by atoms with E-state index >= 15 is 0 Å². The fraction of sp³-hybridized carbons (Fsp3) is 0.316. The third-order valence-corrected chi connectivity index (χ3v) is 4.70. The molecule has 0 saturated carbocycles. The maximum absolute atomic E-state index is 12.3. The molecule has 2 aromatic rings. The Labute approximate surface area is 145 Å². The van der Waals surface area contributed by atoms with Gasteiger partial charge in [0.2, 0.25) is 5.91 Å². The van der Waals surface area contributed by atoms with Crippen LogP contribution in [0.25, 0.3) is 0 Å². The summed E-state index contributed by atoms with van der Waals surface area (Å²) in [5.74, 6) is 0.926. The summed E-state index contributed by atoms with van der Waals surface area (Å²) in [6, 6.07) is 17.3. The molecule has 24 heavy (non-hydrogen) atoms. The minimum Gasteiger partial charge on any atom is -0.381 e. The van der Waals surface area contributed by atoms with Gasteiger partial charge in [0.15, 0.2) is 0 Å². The first-order valence-electron chi connectivity index (χ1n) is 8.03. The zero-order valence-corrected chi connectivity index (χ0v) is 14.7. The van der Waals surface area contributed by atoms with E-state index in [1.807, 2.05) is 61.5 Å². The molecular weight excluding hydrogens is 322 g/mol. The zero-order valence-electron chi connectivity index (χ0n) is 13.9. The molecule has 0 bridgehead atoms. The minimum absolute atomic E-state index is 0.0778. The number of carbonyl (C=O) groups excluding carboxylic acids is 1. The second kappa shape index (κ2) is 10.0. The van der Waals surface area contributed by atoms with Gasteiger partial charge in [-0.05, 0) is 30.2 Å². The van der Waals surface area contributed by atoms with Gasteiger partial charge in [0.05, 0.1) is 13.0 Å². The number of ether oxygens (including phenoxy) is 1. The summed E-state index contributed by atoms with van der Waals surface area (Å²) in [6.45, 7) is 2.93. The molecule has 4 nitrogen and oxygen atoms in total. The van der Waals surface area contributed by atoms with E-state index in [-0.39, 0.29) is 5.91 Å². The highest BCUT2D eigenvalue weighted by atomic mass is 32.2. The molecule has 0 aliphatic rings. The van der Waals surface area contributed by atoms with E-state index in [1.54, 1.807) is 0 Å².